The van der Waals surface area contributed by atoms with Crippen molar-refractivity contribution in [2.24, 2.45) is 5.73 Å². The summed E-state index contributed by atoms with van der Waals surface area (Å²) in [6, 6.07) is 18.9. The molecule has 3 nitrogen and oxygen atoms in total. The van der Waals surface area contributed by atoms with Gasteiger partial charge in [-0.15, -0.1) is 0 Å². The zero-order chi connectivity index (χ0) is 13.9. The van der Waals surface area contributed by atoms with Crippen molar-refractivity contribution in [3.63, 3.8) is 0 Å². The molecule has 0 fully saturated rings. The Hall–Kier alpha value is -2.00. The first kappa shape index (κ1) is 13.0. The zero-order valence-electron chi connectivity index (χ0n) is 11.9. The van der Waals surface area contributed by atoms with E-state index in [1.807, 2.05) is 18.2 Å². The van der Waals surface area contributed by atoms with Crippen LogP contribution in [0.2, 0.25) is 0 Å². The van der Waals surface area contributed by atoms with Gasteiger partial charge < -0.3 is 15.5 Å². The van der Waals surface area contributed by atoms with Gasteiger partial charge in [-0.05, 0) is 17.7 Å². The van der Waals surface area contributed by atoms with E-state index in [2.05, 4.69) is 53.2 Å². The van der Waals surface area contributed by atoms with Gasteiger partial charge in [0.1, 0.15) is 0 Å². The standard InChI is InChI=1S/C17H21N3/c1-19-11-12-20(17-10-6-5-9-16(17)19)13-15(18)14-7-3-2-4-8-14/h2-10,15H,11-13,18H2,1H3. The maximum atomic E-state index is 6.36. The lowest BCUT2D eigenvalue weighted by atomic mass is 10.1. The molecular formula is C17H21N3. The minimum Gasteiger partial charge on any atom is -0.371 e. The molecule has 0 saturated heterocycles. The fourth-order valence-electron chi connectivity index (χ4n) is 2.80. The minimum absolute atomic E-state index is 0.0488. The molecular weight excluding hydrogens is 246 g/mol. The molecule has 1 unspecified atom stereocenters. The van der Waals surface area contributed by atoms with E-state index in [0.29, 0.717) is 0 Å². The van der Waals surface area contributed by atoms with Crippen molar-refractivity contribution in [1.82, 2.24) is 0 Å². The number of hydrogen-bond donors (Lipinski definition) is 1. The van der Waals surface area contributed by atoms with Crippen LogP contribution >= 0.6 is 0 Å². The number of nitrogens with zero attached hydrogens (tertiary/aromatic N) is 2. The number of likely N-dealkylation sites (N-methyl/N-ethyl adjacent to an activating group) is 1. The fourth-order valence-corrected chi connectivity index (χ4v) is 2.80. The second-order valence-corrected chi connectivity index (χ2v) is 5.37. The second-order valence-electron chi connectivity index (χ2n) is 5.37. The van der Waals surface area contributed by atoms with Crippen LogP contribution in [0.4, 0.5) is 11.4 Å². The average molecular weight is 267 g/mol. The lowest BCUT2D eigenvalue weighted by Gasteiger charge is -2.38. The van der Waals surface area contributed by atoms with Gasteiger partial charge in [0, 0.05) is 32.7 Å². The van der Waals surface area contributed by atoms with Gasteiger partial charge >= 0.3 is 0 Å². The summed E-state index contributed by atoms with van der Waals surface area (Å²) >= 11 is 0. The Balaban J connectivity index is 1.81. The predicted molar refractivity (Wildman–Crippen MR) is 85.3 cm³/mol. The molecule has 0 bridgehead atoms. The van der Waals surface area contributed by atoms with Crippen LogP contribution in [0.15, 0.2) is 54.6 Å². The molecule has 104 valence electrons. The van der Waals surface area contributed by atoms with E-state index in [1.165, 1.54) is 16.9 Å². The van der Waals surface area contributed by atoms with Crippen molar-refractivity contribution in [1.29, 1.82) is 0 Å². The Bertz CT molecular complexity index is 567. The summed E-state index contributed by atoms with van der Waals surface area (Å²) in [6.45, 7) is 2.92. The SMILES string of the molecule is CN1CCN(CC(N)c2ccccc2)c2ccccc21. The Morgan fingerprint density at radius 2 is 1.60 bits per heavy atom. The van der Waals surface area contributed by atoms with Crippen LogP contribution in [0.3, 0.4) is 0 Å². The highest BCUT2D eigenvalue weighted by Crippen LogP contribution is 2.32. The van der Waals surface area contributed by atoms with Crippen molar-refractivity contribution in [2.75, 3.05) is 36.5 Å². The van der Waals surface area contributed by atoms with Gasteiger partial charge in [-0.25, -0.2) is 0 Å². The third kappa shape index (κ3) is 2.49. The first-order chi connectivity index (χ1) is 9.75. The third-order valence-corrected chi connectivity index (χ3v) is 3.98. The molecule has 2 aromatic carbocycles. The number of fused-ring (bicyclic) bond motifs is 1. The Morgan fingerprint density at radius 1 is 0.950 bits per heavy atom. The number of nitrogens with two attached hydrogens (primary N) is 1. The average Bonchev–Trinajstić information content (AvgIpc) is 2.51. The molecule has 0 radical (unpaired) electrons. The molecule has 20 heavy (non-hydrogen) atoms. The quantitative estimate of drug-likeness (QED) is 0.928. The Labute approximate surface area is 120 Å². The molecule has 1 aliphatic rings. The topological polar surface area (TPSA) is 32.5 Å². The highest BCUT2D eigenvalue weighted by Gasteiger charge is 2.21. The summed E-state index contributed by atoms with van der Waals surface area (Å²) in [6.07, 6.45) is 0. The number of benzene rings is 2. The normalized spacial score (nSPS) is 15.9. The molecule has 2 aromatic rings. The van der Waals surface area contributed by atoms with Crippen LogP contribution in [0.1, 0.15) is 11.6 Å². The Kier molecular flexibility index (Phi) is 3.61. The number of rotatable bonds is 3. The molecule has 1 aliphatic heterocycles. The number of para-hydroxylation sites is 2. The third-order valence-electron chi connectivity index (χ3n) is 3.98. The van der Waals surface area contributed by atoms with Gasteiger partial charge in [-0.2, -0.15) is 0 Å². The van der Waals surface area contributed by atoms with Gasteiger partial charge in [-0.1, -0.05) is 42.5 Å². The minimum atomic E-state index is 0.0488. The summed E-state index contributed by atoms with van der Waals surface area (Å²) in [5.74, 6) is 0. The zero-order valence-corrected chi connectivity index (χ0v) is 11.9. The van der Waals surface area contributed by atoms with Crippen LogP contribution in [-0.4, -0.2) is 26.7 Å². The van der Waals surface area contributed by atoms with E-state index in [1.54, 1.807) is 0 Å². The van der Waals surface area contributed by atoms with Crippen molar-refractivity contribution >= 4 is 11.4 Å². The first-order valence-electron chi connectivity index (χ1n) is 7.11. The lowest BCUT2D eigenvalue weighted by Crippen LogP contribution is -2.42. The van der Waals surface area contributed by atoms with Gasteiger partial charge in [-0.3, -0.25) is 0 Å². The summed E-state index contributed by atoms with van der Waals surface area (Å²) in [5, 5.41) is 0. The van der Waals surface area contributed by atoms with Gasteiger partial charge in [0.25, 0.3) is 0 Å². The molecule has 0 spiro atoms. The fraction of sp³-hybridized carbons (Fsp3) is 0.294. The highest BCUT2D eigenvalue weighted by atomic mass is 15.3. The summed E-state index contributed by atoms with van der Waals surface area (Å²) in [5.41, 5.74) is 10.1. The smallest absolute Gasteiger partial charge is 0.0605 e. The van der Waals surface area contributed by atoms with E-state index >= 15 is 0 Å². The monoisotopic (exact) mass is 267 g/mol. The summed E-state index contributed by atoms with van der Waals surface area (Å²) in [4.78, 5) is 4.70. The Morgan fingerprint density at radius 3 is 2.35 bits per heavy atom. The van der Waals surface area contributed by atoms with Gasteiger partial charge in [0.15, 0.2) is 0 Å². The van der Waals surface area contributed by atoms with Crippen molar-refractivity contribution in [3.8, 4) is 0 Å². The molecule has 3 rings (SSSR count). The predicted octanol–water partition coefficient (Wildman–Crippen LogP) is 2.64. The largest absolute Gasteiger partial charge is 0.371 e. The van der Waals surface area contributed by atoms with E-state index < -0.39 is 0 Å². The van der Waals surface area contributed by atoms with Crippen molar-refractivity contribution in [2.45, 2.75) is 6.04 Å². The molecule has 0 aromatic heterocycles. The van der Waals surface area contributed by atoms with Gasteiger partial charge in [0.2, 0.25) is 0 Å². The first-order valence-corrected chi connectivity index (χ1v) is 7.11. The van der Waals surface area contributed by atoms with E-state index in [-0.39, 0.29) is 6.04 Å². The van der Waals surface area contributed by atoms with Crippen molar-refractivity contribution < 1.29 is 0 Å². The van der Waals surface area contributed by atoms with E-state index in [0.717, 1.165) is 19.6 Å². The molecule has 0 saturated carbocycles. The lowest BCUT2D eigenvalue weighted by molar-refractivity contribution is 0.647. The molecule has 3 heteroatoms. The molecule has 1 heterocycles. The molecule has 1 atom stereocenters. The van der Waals surface area contributed by atoms with Crippen LogP contribution in [0.5, 0.6) is 0 Å². The van der Waals surface area contributed by atoms with Crippen LogP contribution < -0.4 is 15.5 Å². The van der Waals surface area contributed by atoms with Crippen molar-refractivity contribution in [3.05, 3.63) is 60.2 Å². The second kappa shape index (κ2) is 5.55. The van der Waals surface area contributed by atoms with E-state index in [9.17, 15) is 0 Å². The maximum Gasteiger partial charge on any atom is 0.0605 e. The number of anilines is 2. The molecule has 2 N–H and O–H groups in total. The maximum absolute atomic E-state index is 6.36. The van der Waals surface area contributed by atoms with Crippen LogP contribution in [-0.2, 0) is 0 Å². The molecule has 0 amide bonds. The summed E-state index contributed by atoms with van der Waals surface area (Å²) in [7, 11) is 2.15. The van der Waals surface area contributed by atoms with Gasteiger partial charge in [0.05, 0.1) is 11.4 Å². The van der Waals surface area contributed by atoms with E-state index in [4.69, 9.17) is 5.73 Å². The summed E-state index contributed by atoms with van der Waals surface area (Å²) < 4.78 is 0. The highest BCUT2D eigenvalue weighted by molar-refractivity contribution is 5.73. The van der Waals surface area contributed by atoms with Crippen LogP contribution in [0.25, 0.3) is 0 Å². The van der Waals surface area contributed by atoms with Crippen LogP contribution in [0, 0.1) is 0 Å². The molecule has 0 aliphatic carbocycles. The number of hydrogen-bond acceptors (Lipinski definition) is 3.